The number of halogens is 2. The number of sulfonamides is 2. The summed E-state index contributed by atoms with van der Waals surface area (Å²) in [6.07, 6.45) is 0. The van der Waals surface area contributed by atoms with Crippen molar-refractivity contribution in [1.82, 2.24) is 0 Å². The Kier molecular flexibility index (Phi) is 6.65. The van der Waals surface area contributed by atoms with Crippen molar-refractivity contribution >= 4 is 60.3 Å². The molecule has 2 N–H and O–H groups in total. The van der Waals surface area contributed by atoms with E-state index in [2.05, 4.69) is 9.44 Å². The summed E-state index contributed by atoms with van der Waals surface area (Å²) in [7, 11) is -8.18. The van der Waals surface area contributed by atoms with Gasteiger partial charge in [-0.1, -0.05) is 35.3 Å². The molecule has 0 atom stereocenters. The van der Waals surface area contributed by atoms with Crippen LogP contribution in [0.1, 0.15) is 5.56 Å². The fourth-order valence-electron chi connectivity index (χ4n) is 2.66. The second-order valence-electron chi connectivity index (χ2n) is 6.54. The van der Waals surface area contributed by atoms with Gasteiger partial charge < -0.3 is 0 Å². The van der Waals surface area contributed by atoms with E-state index in [-0.39, 0.29) is 36.9 Å². The molecule has 3 aromatic carbocycles. The fourth-order valence-corrected chi connectivity index (χ4v) is 5.21. The molecule has 168 valence electrons. The zero-order valence-electron chi connectivity index (χ0n) is 16.2. The molecule has 0 amide bonds. The first kappa shape index (κ1) is 23.8. The first-order chi connectivity index (χ1) is 14.9. The van der Waals surface area contributed by atoms with Crippen molar-refractivity contribution in [2.75, 3.05) is 9.44 Å². The molecule has 3 aromatic rings. The highest BCUT2D eigenvalue weighted by Crippen LogP contribution is 2.31. The van der Waals surface area contributed by atoms with Gasteiger partial charge in [-0.2, -0.15) is 0 Å². The van der Waals surface area contributed by atoms with Crippen LogP contribution in [0, 0.1) is 17.0 Å². The molecule has 0 aliphatic carbocycles. The molecule has 32 heavy (non-hydrogen) atoms. The Hall–Kier alpha value is -2.86. The van der Waals surface area contributed by atoms with Gasteiger partial charge in [0.05, 0.1) is 30.4 Å². The van der Waals surface area contributed by atoms with Crippen LogP contribution in [0.15, 0.2) is 70.5 Å². The number of rotatable bonds is 7. The molecule has 0 unspecified atom stereocenters. The highest BCUT2D eigenvalue weighted by molar-refractivity contribution is 7.93. The highest BCUT2D eigenvalue weighted by atomic mass is 35.5. The molecule has 0 heterocycles. The molecule has 9 nitrogen and oxygen atoms in total. The van der Waals surface area contributed by atoms with Crippen molar-refractivity contribution in [3.05, 3.63) is 86.4 Å². The molecular formula is C19H15Cl2N3O6S2. The van der Waals surface area contributed by atoms with E-state index in [1.165, 1.54) is 61.5 Å². The summed E-state index contributed by atoms with van der Waals surface area (Å²) in [6, 6.07) is 12.9. The van der Waals surface area contributed by atoms with Gasteiger partial charge in [0.25, 0.3) is 25.7 Å². The maximum Gasteiger partial charge on any atom is 0.273 e. The monoisotopic (exact) mass is 515 g/mol. The van der Waals surface area contributed by atoms with E-state index in [1.807, 2.05) is 0 Å². The molecule has 0 spiro atoms. The summed E-state index contributed by atoms with van der Waals surface area (Å²) in [5.41, 5.74) is 0.133. The lowest BCUT2D eigenvalue weighted by Crippen LogP contribution is -2.15. The van der Waals surface area contributed by atoms with Gasteiger partial charge in [-0.05, 0) is 49.4 Å². The third kappa shape index (κ3) is 5.13. The third-order valence-electron chi connectivity index (χ3n) is 4.30. The second-order valence-corrected chi connectivity index (χ2v) is 10.7. The van der Waals surface area contributed by atoms with Crippen LogP contribution in [0.5, 0.6) is 0 Å². The summed E-state index contributed by atoms with van der Waals surface area (Å²) < 4.78 is 55.0. The number of anilines is 2. The van der Waals surface area contributed by atoms with Crippen molar-refractivity contribution in [2.24, 2.45) is 0 Å². The molecule has 13 heteroatoms. The Labute approximate surface area is 194 Å². The van der Waals surface area contributed by atoms with E-state index in [4.69, 9.17) is 23.2 Å². The standard InChI is InChI=1S/C19H15Cl2N3O6S2/c1-12-5-8-15(11-18(12)24(25)26)32(29,30)22-13-6-9-14(10-7-13)31(27,28)23-17-4-2-3-16(20)19(17)21/h2-11,22-23H,1H3. The average molecular weight is 516 g/mol. The number of nitro groups is 1. The molecular weight excluding hydrogens is 501 g/mol. The van der Waals surface area contributed by atoms with Gasteiger partial charge in [0, 0.05) is 17.3 Å². The van der Waals surface area contributed by atoms with E-state index in [1.54, 1.807) is 0 Å². The van der Waals surface area contributed by atoms with Crippen LogP contribution in [0.3, 0.4) is 0 Å². The van der Waals surface area contributed by atoms with Gasteiger partial charge in [-0.25, -0.2) is 16.8 Å². The molecule has 0 saturated heterocycles. The quantitative estimate of drug-likeness (QED) is 0.342. The molecule has 0 aromatic heterocycles. The van der Waals surface area contributed by atoms with Gasteiger partial charge in [0.1, 0.15) is 0 Å². The normalized spacial score (nSPS) is 11.7. The van der Waals surface area contributed by atoms with Gasteiger partial charge in [0.15, 0.2) is 0 Å². The van der Waals surface area contributed by atoms with Crippen LogP contribution in [0.4, 0.5) is 17.1 Å². The number of nitro benzene ring substituents is 1. The van der Waals surface area contributed by atoms with Gasteiger partial charge in [-0.3, -0.25) is 19.6 Å². The minimum absolute atomic E-state index is 0.0364. The van der Waals surface area contributed by atoms with E-state index in [0.29, 0.717) is 5.56 Å². The van der Waals surface area contributed by atoms with E-state index in [9.17, 15) is 26.9 Å². The zero-order valence-corrected chi connectivity index (χ0v) is 19.4. The van der Waals surface area contributed by atoms with Crippen molar-refractivity contribution in [1.29, 1.82) is 0 Å². The van der Waals surface area contributed by atoms with Crippen LogP contribution in [-0.2, 0) is 20.0 Å². The van der Waals surface area contributed by atoms with Crippen molar-refractivity contribution in [3.63, 3.8) is 0 Å². The molecule has 0 bridgehead atoms. The first-order valence-corrected chi connectivity index (χ1v) is 12.5. The molecule has 0 fully saturated rings. The highest BCUT2D eigenvalue weighted by Gasteiger charge is 2.21. The van der Waals surface area contributed by atoms with Crippen LogP contribution in [-0.4, -0.2) is 21.8 Å². The average Bonchev–Trinajstić information content (AvgIpc) is 2.71. The SMILES string of the molecule is Cc1ccc(S(=O)(=O)Nc2ccc(S(=O)(=O)Nc3cccc(Cl)c3Cl)cc2)cc1[N+](=O)[O-]. The number of nitrogens with zero attached hydrogens (tertiary/aromatic N) is 1. The molecule has 0 radical (unpaired) electrons. The Balaban J connectivity index is 1.83. The minimum Gasteiger partial charge on any atom is -0.280 e. The van der Waals surface area contributed by atoms with E-state index < -0.39 is 25.0 Å². The van der Waals surface area contributed by atoms with Crippen LogP contribution in [0.2, 0.25) is 10.0 Å². The summed E-state index contributed by atoms with van der Waals surface area (Å²) >= 11 is 11.9. The van der Waals surface area contributed by atoms with Crippen molar-refractivity contribution < 1.29 is 21.8 Å². The maximum atomic E-state index is 12.6. The maximum absolute atomic E-state index is 12.6. The Morgan fingerprint density at radius 1 is 0.844 bits per heavy atom. The number of nitrogens with one attached hydrogen (secondary N) is 2. The van der Waals surface area contributed by atoms with E-state index in [0.717, 1.165) is 6.07 Å². The van der Waals surface area contributed by atoms with Crippen LogP contribution in [0.25, 0.3) is 0 Å². The Morgan fingerprint density at radius 3 is 2.06 bits per heavy atom. The lowest BCUT2D eigenvalue weighted by atomic mass is 10.2. The third-order valence-corrected chi connectivity index (χ3v) is 7.88. The first-order valence-electron chi connectivity index (χ1n) is 8.75. The summed E-state index contributed by atoms with van der Waals surface area (Å²) in [6.45, 7) is 1.49. The lowest BCUT2D eigenvalue weighted by Gasteiger charge is -2.12. The Morgan fingerprint density at radius 2 is 1.44 bits per heavy atom. The largest absolute Gasteiger partial charge is 0.280 e. The smallest absolute Gasteiger partial charge is 0.273 e. The zero-order chi connectivity index (χ0) is 23.7. The summed E-state index contributed by atoms with van der Waals surface area (Å²) in [5.74, 6) is 0. The lowest BCUT2D eigenvalue weighted by molar-refractivity contribution is -0.385. The summed E-state index contributed by atoms with van der Waals surface area (Å²) in [5, 5.41) is 11.3. The van der Waals surface area contributed by atoms with Gasteiger partial charge >= 0.3 is 0 Å². The predicted molar refractivity (Wildman–Crippen MR) is 122 cm³/mol. The molecule has 3 rings (SSSR count). The van der Waals surface area contributed by atoms with Gasteiger partial charge in [-0.15, -0.1) is 0 Å². The minimum atomic E-state index is -4.14. The van der Waals surface area contributed by atoms with Gasteiger partial charge in [0.2, 0.25) is 0 Å². The Bertz CT molecular complexity index is 1410. The summed E-state index contributed by atoms with van der Waals surface area (Å²) in [4.78, 5) is 9.95. The van der Waals surface area contributed by atoms with Crippen molar-refractivity contribution in [2.45, 2.75) is 16.7 Å². The number of benzene rings is 3. The van der Waals surface area contributed by atoms with Crippen LogP contribution < -0.4 is 9.44 Å². The number of aryl methyl sites for hydroxylation is 1. The molecule has 0 aliphatic rings. The molecule has 0 saturated carbocycles. The van der Waals surface area contributed by atoms with Crippen LogP contribution >= 0.6 is 23.2 Å². The fraction of sp³-hybridized carbons (Fsp3) is 0.0526. The number of hydrogen-bond acceptors (Lipinski definition) is 6. The van der Waals surface area contributed by atoms with E-state index >= 15 is 0 Å². The topological polar surface area (TPSA) is 135 Å². The van der Waals surface area contributed by atoms with Crippen molar-refractivity contribution in [3.8, 4) is 0 Å². The molecule has 0 aliphatic heterocycles. The second kappa shape index (κ2) is 8.94. The predicted octanol–water partition coefficient (Wildman–Crippen LogP) is 4.81. The number of hydrogen-bond donors (Lipinski definition) is 2.